The minimum atomic E-state index is -0.523. The fourth-order valence-electron chi connectivity index (χ4n) is 1.89. The fraction of sp³-hybridized carbons (Fsp3) is 0.500. The molecule has 0 saturated heterocycles. The van der Waals surface area contributed by atoms with E-state index in [4.69, 9.17) is 14.2 Å². The highest BCUT2D eigenvalue weighted by Crippen LogP contribution is 2.32. The van der Waals surface area contributed by atoms with E-state index in [1.807, 2.05) is 14.1 Å². The van der Waals surface area contributed by atoms with Gasteiger partial charge in [-0.25, -0.2) is 4.79 Å². The molecular weight excluding hydrogens is 246 g/mol. The Kier molecular flexibility index (Phi) is 5.63. The number of methoxy groups -OCH3 is 2. The molecule has 1 aromatic carbocycles. The Balaban J connectivity index is 3.23. The third-order valence-corrected chi connectivity index (χ3v) is 2.76. The van der Waals surface area contributed by atoms with Gasteiger partial charge in [0, 0.05) is 5.56 Å². The van der Waals surface area contributed by atoms with E-state index in [1.165, 1.54) is 0 Å². The second-order valence-electron chi connectivity index (χ2n) is 4.23. The van der Waals surface area contributed by atoms with Crippen LogP contribution >= 0.6 is 0 Å². The highest BCUT2D eigenvalue weighted by atomic mass is 16.5. The topological polar surface area (TPSA) is 48.0 Å². The Labute approximate surface area is 114 Å². The minimum absolute atomic E-state index is 0.306. The molecule has 0 spiro atoms. The van der Waals surface area contributed by atoms with Gasteiger partial charge >= 0.3 is 5.97 Å². The van der Waals surface area contributed by atoms with Crippen LogP contribution in [0.3, 0.4) is 0 Å². The highest BCUT2D eigenvalue weighted by Gasteiger charge is 2.27. The Morgan fingerprint density at radius 2 is 1.95 bits per heavy atom. The molecule has 0 radical (unpaired) electrons. The van der Waals surface area contributed by atoms with E-state index in [1.54, 1.807) is 44.2 Å². The van der Waals surface area contributed by atoms with Crippen LogP contribution in [0.5, 0.6) is 11.5 Å². The number of rotatable bonds is 6. The Bertz CT molecular complexity index is 431. The summed E-state index contributed by atoms with van der Waals surface area (Å²) in [4.78, 5) is 13.9. The summed E-state index contributed by atoms with van der Waals surface area (Å²) in [5.41, 5.74) is 0.727. The van der Waals surface area contributed by atoms with Gasteiger partial charge in [0.1, 0.15) is 17.5 Å². The number of hydrogen-bond donors (Lipinski definition) is 0. The molecule has 0 bridgehead atoms. The van der Waals surface area contributed by atoms with Crippen molar-refractivity contribution in [2.75, 3.05) is 34.9 Å². The molecule has 5 heteroatoms. The monoisotopic (exact) mass is 267 g/mol. The summed E-state index contributed by atoms with van der Waals surface area (Å²) in [7, 11) is 6.80. The van der Waals surface area contributed by atoms with Gasteiger partial charge in [0.15, 0.2) is 0 Å². The molecular formula is C14H21NO4. The molecule has 19 heavy (non-hydrogen) atoms. The number of esters is 1. The van der Waals surface area contributed by atoms with Crippen LogP contribution in [-0.4, -0.2) is 45.8 Å². The summed E-state index contributed by atoms with van der Waals surface area (Å²) in [6.45, 7) is 2.13. The first kappa shape index (κ1) is 15.3. The van der Waals surface area contributed by atoms with Crippen molar-refractivity contribution in [2.45, 2.75) is 13.0 Å². The van der Waals surface area contributed by atoms with E-state index < -0.39 is 6.04 Å². The predicted octanol–water partition coefficient (Wildman–Crippen LogP) is 1.87. The number of ether oxygens (including phenoxy) is 3. The molecule has 0 heterocycles. The smallest absolute Gasteiger partial charge is 0.328 e. The van der Waals surface area contributed by atoms with Crippen molar-refractivity contribution < 1.29 is 19.0 Å². The van der Waals surface area contributed by atoms with E-state index in [9.17, 15) is 4.79 Å². The quantitative estimate of drug-likeness (QED) is 0.736. The van der Waals surface area contributed by atoms with Gasteiger partial charge in [0.05, 0.1) is 20.8 Å². The summed E-state index contributed by atoms with van der Waals surface area (Å²) >= 11 is 0. The molecule has 1 unspecified atom stereocenters. The summed E-state index contributed by atoms with van der Waals surface area (Å²) in [6, 6.07) is 4.84. The van der Waals surface area contributed by atoms with Gasteiger partial charge in [0.25, 0.3) is 0 Å². The normalized spacial score (nSPS) is 12.1. The van der Waals surface area contributed by atoms with Gasteiger partial charge in [-0.1, -0.05) is 0 Å². The molecule has 0 aromatic heterocycles. The van der Waals surface area contributed by atoms with Crippen LogP contribution in [0.2, 0.25) is 0 Å². The molecule has 1 aromatic rings. The van der Waals surface area contributed by atoms with Crippen molar-refractivity contribution in [3.63, 3.8) is 0 Å². The first-order chi connectivity index (χ1) is 9.04. The molecule has 1 rings (SSSR count). The Morgan fingerprint density at radius 3 is 2.42 bits per heavy atom. The maximum atomic E-state index is 12.1. The van der Waals surface area contributed by atoms with Crippen LogP contribution < -0.4 is 9.47 Å². The third-order valence-electron chi connectivity index (χ3n) is 2.76. The number of hydrogen-bond acceptors (Lipinski definition) is 5. The first-order valence-corrected chi connectivity index (χ1v) is 6.10. The van der Waals surface area contributed by atoms with Crippen LogP contribution in [0, 0.1) is 0 Å². The number of carbonyl (C=O) groups excluding carboxylic acids is 1. The van der Waals surface area contributed by atoms with Gasteiger partial charge in [-0.15, -0.1) is 0 Å². The molecule has 5 nitrogen and oxygen atoms in total. The average molecular weight is 267 g/mol. The molecule has 0 amide bonds. The molecule has 106 valence electrons. The van der Waals surface area contributed by atoms with Crippen LogP contribution in [0.4, 0.5) is 0 Å². The van der Waals surface area contributed by atoms with Crippen LogP contribution in [0.1, 0.15) is 18.5 Å². The van der Waals surface area contributed by atoms with E-state index >= 15 is 0 Å². The van der Waals surface area contributed by atoms with Gasteiger partial charge in [0.2, 0.25) is 0 Å². The zero-order valence-electron chi connectivity index (χ0n) is 12.1. The molecule has 0 fully saturated rings. The molecule has 0 saturated carbocycles. The summed E-state index contributed by atoms with van der Waals surface area (Å²) in [5, 5.41) is 0. The zero-order valence-corrected chi connectivity index (χ0v) is 12.1. The van der Waals surface area contributed by atoms with Crippen molar-refractivity contribution in [3.8, 4) is 11.5 Å². The maximum Gasteiger partial charge on any atom is 0.328 e. The van der Waals surface area contributed by atoms with E-state index in [0.29, 0.717) is 18.1 Å². The van der Waals surface area contributed by atoms with Crippen LogP contribution in [0.15, 0.2) is 18.2 Å². The SMILES string of the molecule is CCOC(=O)C(c1cc(OC)ccc1OC)N(C)C. The highest BCUT2D eigenvalue weighted by molar-refractivity contribution is 5.79. The van der Waals surface area contributed by atoms with Gasteiger partial charge in [-0.3, -0.25) is 4.90 Å². The molecule has 0 aliphatic carbocycles. The third kappa shape index (κ3) is 3.61. The summed E-state index contributed by atoms with van der Waals surface area (Å²) in [6.07, 6.45) is 0. The lowest BCUT2D eigenvalue weighted by Crippen LogP contribution is -2.29. The number of nitrogens with zero attached hydrogens (tertiary/aromatic N) is 1. The van der Waals surface area contributed by atoms with Gasteiger partial charge in [-0.05, 0) is 39.2 Å². The van der Waals surface area contributed by atoms with Crippen LogP contribution in [-0.2, 0) is 9.53 Å². The number of likely N-dealkylation sites (N-methyl/N-ethyl adjacent to an activating group) is 1. The second-order valence-corrected chi connectivity index (χ2v) is 4.23. The van der Waals surface area contributed by atoms with E-state index in [0.717, 1.165) is 5.56 Å². The standard InChI is InChI=1S/C14H21NO4/c1-6-19-14(16)13(15(2)3)11-9-10(17-4)7-8-12(11)18-5/h7-9,13H,6H2,1-5H3. The number of carbonyl (C=O) groups is 1. The van der Waals surface area contributed by atoms with Crippen molar-refractivity contribution >= 4 is 5.97 Å². The minimum Gasteiger partial charge on any atom is -0.497 e. The van der Waals surface area contributed by atoms with E-state index in [2.05, 4.69) is 0 Å². The van der Waals surface area contributed by atoms with Crippen molar-refractivity contribution in [1.29, 1.82) is 0 Å². The van der Waals surface area contributed by atoms with Gasteiger partial charge in [-0.2, -0.15) is 0 Å². The largest absolute Gasteiger partial charge is 0.497 e. The van der Waals surface area contributed by atoms with E-state index in [-0.39, 0.29) is 5.97 Å². The maximum absolute atomic E-state index is 12.1. The molecule has 0 aliphatic heterocycles. The number of benzene rings is 1. The lowest BCUT2D eigenvalue weighted by Gasteiger charge is -2.24. The fourth-order valence-corrected chi connectivity index (χ4v) is 1.89. The molecule has 0 N–H and O–H groups in total. The lowest BCUT2D eigenvalue weighted by molar-refractivity contribution is -0.148. The van der Waals surface area contributed by atoms with Crippen LogP contribution in [0.25, 0.3) is 0 Å². The lowest BCUT2D eigenvalue weighted by atomic mass is 10.0. The molecule has 1 atom stereocenters. The second kappa shape index (κ2) is 6.99. The first-order valence-electron chi connectivity index (χ1n) is 6.10. The van der Waals surface area contributed by atoms with Crippen molar-refractivity contribution in [2.24, 2.45) is 0 Å². The Hall–Kier alpha value is -1.75. The van der Waals surface area contributed by atoms with Gasteiger partial charge < -0.3 is 14.2 Å². The predicted molar refractivity (Wildman–Crippen MR) is 72.6 cm³/mol. The molecule has 0 aliphatic rings. The Morgan fingerprint density at radius 1 is 1.26 bits per heavy atom. The van der Waals surface area contributed by atoms with Crippen molar-refractivity contribution in [1.82, 2.24) is 4.90 Å². The summed E-state index contributed by atoms with van der Waals surface area (Å²) < 4.78 is 15.6. The average Bonchev–Trinajstić information content (AvgIpc) is 2.38. The van der Waals surface area contributed by atoms with Crippen molar-refractivity contribution in [3.05, 3.63) is 23.8 Å². The summed E-state index contributed by atoms with van der Waals surface area (Å²) in [5.74, 6) is 0.999. The zero-order chi connectivity index (χ0) is 14.4.